The summed E-state index contributed by atoms with van der Waals surface area (Å²) in [5.74, 6) is 0. The monoisotopic (exact) mass is 287 g/mol. The van der Waals surface area contributed by atoms with E-state index >= 15 is 0 Å². The molecule has 6 nitrogen and oxygen atoms in total. The zero-order valence-corrected chi connectivity index (χ0v) is 13.6. The molecule has 1 aliphatic heterocycles. The van der Waals surface area contributed by atoms with Gasteiger partial charge < -0.3 is 14.3 Å². The summed E-state index contributed by atoms with van der Waals surface area (Å²) in [5.41, 5.74) is 8.54. The second-order valence-electron chi connectivity index (χ2n) is 6.65. The lowest BCUT2D eigenvalue weighted by molar-refractivity contribution is -0.191. The first kappa shape index (κ1) is 16.5. The third-order valence-electron chi connectivity index (χ3n) is 4.11. The Hall–Kier alpha value is -0.593. The molecule has 0 aromatic carbocycles. The number of rotatable bonds is 3. The van der Waals surface area contributed by atoms with Crippen molar-refractivity contribution in [2.45, 2.75) is 76.8 Å². The number of nitrogens with zero attached hydrogens (tertiary/aromatic N) is 3. The molecule has 1 saturated heterocycles. The van der Waals surface area contributed by atoms with Gasteiger partial charge in [0.05, 0.1) is 18.2 Å². The van der Waals surface area contributed by atoms with Crippen LogP contribution in [0.5, 0.6) is 0 Å². The first-order chi connectivity index (χ1) is 8.58. The molecule has 0 bridgehead atoms. The minimum Gasteiger partial charge on any atom is -0.392 e. The lowest BCUT2D eigenvalue weighted by Gasteiger charge is -2.43. The highest BCUT2D eigenvalue weighted by Gasteiger charge is 2.43. The second kappa shape index (κ2) is 5.81. The van der Waals surface area contributed by atoms with E-state index in [1.807, 2.05) is 0 Å². The summed E-state index contributed by atoms with van der Waals surface area (Å²) in [6.45, 7) is 12.5. The first-order valence-corrected chi connectivity index (χ1v) is 9.55. The van der Waals surface area contributed by atoms with Crippen LogP contribution in [0.3, 0.4) is 0 Å². The van der Waals surface area contributed by atoms with Crippen molar-refractivity contribution in [3.05, 3.63) is 10.4 Å². The van der Waals surface area contributed by atoms with Crippen molar-refractivity contribution in [1.82, 2.24) is 0 Å². The highest BCUT2D eigenvalue weighted by Crippen LogP contribution is 2.39. The Morgan fingerprint density at radius 1 is 1.42 bits per heavy atom. The van der Waals surface area contributed by atoms with Crippen molar-refractivity contribution < 1.29 is 14.3 Å². The fraction of sp³-hybridized carbons (Fsp3) is 1.00. The molecule has 1 N–H and O–H groups in total. The van der Waals surface area contributed by atoms with E-state index in [1.165, 1.54) is 0 Å². The van der Waals surface area contributed by atoms with Gasteiger partial charge in [0.1, 0.15) is 6.29 Å². The number of azide groups is 1. The maximum absolute atomic E-state index is 9.91. The lowest BCUT2D eigenvalue weighted by atomic mass is 10.0. The molecule has 1 fully saturated rings. The Labute approximate surface area is 115 Å². The van der Waals surface area contributed by atoms with Crippen LogP contribution in [0, 0.1) is 0 Å². The van der Waals surface area contributed by atoms with Crippen LogP contribution in [-0.4, -0.2) is 38.0 Å². The van der Waals surface area contributed by atoms with Gasteiger partial charge in [-0.3, -0.25) is 0 Å². The molecular formula is C12H25N3O3Si. The summed E-state index contributed by atoms with van der Waals surface area (Å²) in [6, 6.07) is -0.483. The van der Waals surface area contributed by atoms with Gasteiger partial charge in [-0.15, -0.1) is 0 Å². The van der Waals surface area contributed by atoms with E-state index in [0.717, 1.165) is 0 Å². The molecule has 110 valence electrons. The number of hydrogen-bond donors (Lipinski definition) is 1. The molecular weight excluding hydrogens is 262 g/mol. The maximum Gasteiger partial charge on any atom is 0.195 e. The molecule has 0 spiro atoms. The largest absolute Gasteiger partial charge is 0.392 e. The van der Waals surface area contributed by atoms with Gasteiger partial charge in [-0.25, -0.2) is 0 Å². The molecule has 0 saturated carbocycles. The lowest BCUT2D eigenvalue weighted by Crippen LogP contribution is -2.52. The van der Waals surface area contributed by atoms with Crippen LogP contribution in [0.15, 0.2) is 5.11 Å². The van der Waals surface area contributed by atoms with Crippen LogP contribution in [0.1, 0.15) is 34.1 Å². The summed E-state index contributed by atoms with van der Waals surface area (Å²) >= 11 is 0. The van der Waals surface area contributed by atoms with E-state index in [4.69, 9.17) is 14.7 Å². The number of aliphatic hydroxyl groups is 1. The topological polar surface area (TPSA) is 87.5 Å². The molecule has 0 unspecified atom stereocenters. The van der Waals surface area contributed by atoms with Gasteiger partial charge in [-0.2, -0.15) is 0 Å². The highest BCUT2D eigenvalue weighted by atomic mass is 28.4. The van der Waals surface area contributed by atoms with Crippen molar-refractivity contribution in [2.24, 2.45) is 5.11 Å². The quantitative estimate of drug-likeness (QED) is 0.374. The fourth-order valence-corrected chi connectivity index (χ4v) is 2.95. The summed E-state index contributed by atoms with van der Waals surface area (Å²) in [4.78, 5) is 2.79. The number of ether oxygens (including phenoxy) is 1. The average Bonchev–Trinajstić information content (AvgIpc) is 2.23. The van der Waals surface area contributed by atoms with Gasteiger partial charge in [0.25, 0.3) is 0 Å². The van der Waals surface area contributed by atoms with Crippen LogP contribution in [-0.2, 0) is 9.16 Å². The van der Waals surface area contributed by atoms with Crippen molar-refractivity contribution >= 4 is 8.32 Å². The van der Waals surface area contributed by atoms with Crippen molar-refractivity contribution in [3.8, 4) is 0 Å². The Morgan fingerprint density at radius 3 is 2.47 bits per heavy atom. The predicted octanol–water partition coefficient (Wildman–Crippen LogP) is 3.18. The zero-order valence-electron chi connectivity index (χ0n) is 12.6. The van der Waals surface area contributed by atoms with E-state index < -0.39 is 26.8 Å². The SMILES string of the molecule is C[C@@H]1O[C@H](O[Si](C)(C)C(C)(C)C)C[C@H](N=[N+]=[N-])[C@@H]1O. The fourth-order valence-electron chi connectivity index (χ4n) is 1.79. The van der Waals surface area contributed by atoms with E-state index in [2.05, 4.69) is 43.9 Å². The number of hydrogen-bond acceptors (Lipinski definition) is 4. The minimum atomic E-state index is -1.94. The zero-order chi connectivity index (χ0) is 14.8. The highest BCUT2D eigenvalue weighted by molar-refractivity contribution is 6.74. The summed E-state index contributed by atoms with van der Waals surface area (Å²) in [6.07, 6.45) is -1.16. The van der Waals surface area contributed by atoms with Gasteiger partial charge in [0, 0.05) is 11.3 Å². The van der Waals surface area contributed by atoms with Crippen LogP contribution in [0.25, 0.3) is 10.4 Å². The molecule has 1 heterocycles. The molecule has 1 aliphatic rings. The average molecular weight is 287 g/mol. The van der Waals surface area contributed by atoms with Crippen LogP contribution in [0.4, 0.5) is 0 Å². The molecule has 7 heteroatoms. The van der Waals surface area contributed by atoms with E-state index in [9.17, 15) is 5.11 Å². The van der Waals surface area contributed by atoms with Gasteiger partial charge in [-0.1, -0.05) is 25.9 Å². The van der Waals surface area contributed by atoms with Crippen LogP contribution >= 0.6 is 0 Å². The van der Waals surface area contributed by atoms with Crippen LogP contribution < -0.4 is 0 Å². The standard InChI is InChI=1S/C12H25N3O3Si/c1-8-11(16)9(14-15-13)7-10(17-8)18-19(5,6)12(2,3)4/h8-11,16H,7H2,1-6H3/t8-,9-,10+,11+/m0/s1. The molecule has 0 aromatic rings. The third kappa shape index (κ3) is 3.93. The summed E-state index contributed by atoms with van der Waals surface area (Å²) in [7, 11) is -1.94. The van der Waals surface area contributed by atoms with Gasteiger partial charge in [0.15, 0.2) is 8.32 Å². The van der Waals surface area contributed by atoms with Crippen molar-refractivity contribution in [1.29, 1.82) is 0 Å². The number of aliphatic hydroxyl groups excluding tert-OH is 1. The smallest absolute Gasteiger partial charge is 0.195 e. The molecule has 0 aliphatic carbocycles. The summed E-state index contributed by atoms with van der Waals surface area (Å²) in [5, 5.41) is 13.6. The third-order valence-corrected chi connectivity index (χ3v) is 8.57. The Bertz CT molecular complexity index is 364. The normalized spacial score (nSPS) is 32.8. The first-order valence-electron chi connectivity index (χ1n) is 6.64. The summed E-state index contributed by atoms with van der Waals surface area (Å²) < 4.78 is 11.8. The molecule has 4 atom stereocenters. The molecule has 1 rings (SSSR count). The van der Waals surface area contributed by atoms with Crippen molar-refractivity contribution in [2.75, 3.05) is 0 Å². The maximum atomic E-state index is 9.91. The van der Waals surface area contributed by atoms with E-state index in [-0.39, 0.29) is 11.1 Å². The Morgan fingerprint density at radius 2 is 2.00 bits per heavy atom. The Kier molecular flexibility index (Phi) is 5.03. The second-order valence-corrected chi connectivity index (χ2v) is 11.4. The predicted molar refractivity (Wildman–Crippen MR) is 76.2 cm³/mol. The van der Waals surface area contributed by atoms with Gasteiger partial charge >= 0.3 is 0 Å². The minimum absolute atomic E-state index is 0.0870. The van der Waals surface area contributed by atoms with Crippen LogP contribution in [0.2, 0.25) is 18.1 Å². The molecule has 0 radical (unpaired) electrons. The van der Waals surface area contributed by atoms with E-state index in [1.54, 1.807) is 6.92 Å². The molecule has 0 aromatic heterocycles. The molecule has 19 heavy (non-hydrogen) atoms. The van der Waals surface area contributed by atoms with Gasteiger partial charge in [0.2, 0.25) is 0 Å². The molecule has 0 amide bonds. The Balaban J connectivity index is 2.78. The van der Waals surface area contributed by atoms with Gasteiger partial charge in [-0.05, 0) is 30.6 Å². The van der Waals surface area contributed by atoms with Crippen molar-refractivity contribution in [3.63, 3.8) is 0 Å². The van der Waals surface area contributed by atoms with E-state index in [0.29, 0.717) is 6.42 Å².